The van der Waals surface area contributed by atoms with Gasteiger partial charge in [-0.15, -0.1) is 0 Å². The standard InChI is InChI=1S/C22H31F3N2O4/c1-5-30-19(28)16-8-9-17(22(23,24)25)18(13-16)27-12-6-7-15(14-27)10-11-26-20(29)31-21(2,3)4/h8-9,13,15H,5-7,10-12,14H2,1-4H3,(H,26,29). The molecule has 0 bridgehead atoms. The normalized spacial score (nSPS) is 17.3. The van der Waals surface area contributed by atoms with E-state index in [4.69, 9.17) is 9.47 Å². The van der Waals surface area contributed by atoms with Crippen LogP contribution in [0, 0.1) is 5.92 Å². The quantitative estimate of drug-likeness (QED) is 0.625. The topological polar surface area (TPSA) is 67.9 Å². The first kappa shape index (κ1) is 24.8. The lowest BCUT2D eigenvalue weighted by molar-refractivity contribution is -0.137. The number of alkyl carbamates (subject to hydrolysis) is 1. The smallest absolute Gasteiger partial charge is 0.418 e. The van der Waals surface area contributed by atoms with E-state index in [0.29, 0.717) is 26.1 Å². The van der Waals surface area contributed by atoms with E-state index in [1.54, 1.807) is 32.6 Å². The molecule has 1 saturated heterocycles. The van der Waals surface area contributed by atoms with Crippen molar-refractivity contribution in [2.45, 2.75) is 58.7 Å². The van der Waals surface area contributed by atoms with Crippen molar-refractivity contribution in [2.75, 3.05) is 31.1 Å². The third kappa shape index (κ3) is 7.63. The van der Waals surface area contributed by atoms with Crippen LogP contribution >= 0.6 is 0 Å². The summed E-state index contributed by atoms with van der Waals surface area (Å²) in [6, 6.07) is 3.36. The van der Waals surface area contributed by atoms with E-state index in [9.17, 15) is 22.8 Å². The molecule has 1 heterocycles. The molecule has 0 spiro atoms. The van der Waals surface area contributed by atoms with E-state index in [2.05, 4.69) is 5.32 Å². The third-order valence-electron chi connectivity index (χ3n) is 4.89. The van der Waals surface area contributed by atoms with Crippen molar-refractivity contribution in [1.29, 1.82) is 0 Å². The number of carbonyl (C=O) groups is 2. The van der Waals surface area contributed by atoms with Gasteiger partial charge in [0.1, 0.15) is 5.60 Å². The summed E-state index contributed by atoms with van der Waals surface area (Å²) in [6.07, 6.45) is -2.85. The second kappa shape index (κ2) is 10.2. The van der Waals surface area contributed by atoms with Gasteiger partial charge in [0.25, 0.3) is 0 Å². The molecule has 9 heteroatoms. The number of halogens is 3. The lowest BCUT2D eigenvalue weighted by Crippen LogP contribution is -2.39. The van der Waals surface area contributed by atoms with E-state index >= 15 is 0 Å². The molecule has 0 aromatic heterocycles. The van der Waals surface area contributed by atoms with Gasteiger partial charge in [-0.05, 0) is 71.1 Å². The molecule has 1 atom stereocenters. The van der Waals surface area contributed by atoms with Crippen LogP contribution in [-0.2, 0) is 15.7 Å². The summed E-state index contributed by atoms with van der Waals surface area (Å²) < 4.78 is 50.9. The lowest BCUT2D eigenvalue weighted by atomic mass is 9.93. The van der Waals surface area contributed by atoms with Gasteiger partial charge in [0.2, 0.25) is 0 Å². The van der Waals surface area contributed by atoms with Gasteiger partial charge in [0, 0.05) is 25.3 Å². The van der Waals surface area contributed by atoms with E-state index in [1.165, 1.54) is 6.07 Å². The largest absolute Gasteiger partial charge is 0.462 e. The van der Waals surface area contributed by atoms with Crippen molar-refractivity contribution >= 4 is 17.7 Å². The number of hydrogen-bond acceptors (Lipinski definition) is 5. The highest BCUT2D eigenvalue weighted by Gasteiger charge is 2.36. The number of hydrogen-bond donors (Lipinski definition) is 1. The van der Waals surface area contributed by atoms with Crippen molar-refractivity contribution < 1.29 is 32.2 Å². The zero-order chi connectivity index (χ0) is 23.2. The van der Waals surface area contributed by atoms with Crippen LogP contribution in [0.2, 0.25) is 0 Å². The van der Waals surface area contributed by atoms with Crippen molar-refractivity contribution in [3.05, 3.63) is 29.3 Å². The minimum absolute atomic E-state index is 0.0112. The Balaban J connectivity index is 2.09. The monoisotopic (exact) mass is 444 g/mol. The molecule has 0 aliphatic carbocycles. The maximum absolute atomic E-state index is 13.6. The van der Waals surface area contributed by atoms with Gasteiger partial charge >= 0.3 is 18.2 Å². The van der Waals surface area contributed by atoms with E-state index in [1.807, 2.05) is 0 Å². The van der Waals surface area contributed by atoms with Gasteiger partial charge in [0.05, 0.1) is 17.7 Å². The second-order valence-corrected chi connectivity index (χ2v) is 8.62. The molecule has 2 rings (SSSR count). The number of esters is 1. The Labute approximate surface area is 181 Å². The fourth-order valence-electron chi connectivity index (χ4n) is 3.59. The van der Waals surface area contributed by atoms with Crippen LogP contribution in [0.25, 0.3) is 0 Å². The average Bonchev–Trinajstić information content (AvgIpc) is 2.66. The van der Waals surface area contributed by atoms with Crippen molar-refractivity contribution in [1.82, 2.24) is 5.32 Å². The highest BCUT2D eigenvalue weighted by Crippen LogP contribution is 2.39. The first-order valence-corrected chi connectivity index (χ1v) is 10.5. The maximum atomic E-state index is 13.6. The second-order valence-electron chi connectivity index (χ2n) is 8.62. The SMILES string of the molecule is CCOC(=O)c1ccc(C(F)(F)F)c(N2CCCC(CCNC(=O)OC(C)(C)C)C2)c1. The fourth-order valence-corrected chi connectivity index (χ4v) is 3.59. The first-order valence-electron chi connectivity index (χ1n) is 10.5. The molecular weight excluding hydrogens is 413 g/mol. The number of piperidine rings is 1. The Kier molecular flexibility index (Phi) is 8.20. The van der Waals surface area contributed by atoms with Crippen LogP contribution in [0.15, 0.2) is 18.2 Å². The number of carbonyl (C=O) groups excluding carboxylic acids is 2. The molecule has 6 nitrogen and oxygen atoms in total. The molecule has 1 unspecified atom stereocenters. The van der Waals surface area contributed by atoms with Gasteiger partial charge in [-0.2, -0.15) is 13.2 Å². The molecule has 1 fully saturated rings. The molecular formula is C22H31F3N2O4. The average molecular weight is 444 g/mol. The van der Waals surface area contributed by atoms with E-state index in [-0.39, 0.29) is 23.8 Å². The Morgan fingerprint density at radius 3 is 2.55 bits per heavy atom. The van der Waals surface area contributed by atoms with Gasteiger partial charge in [-0.3, -0.25) is 0 Å². The Morgan fingerprint density at radius 1 is 1.23 bits per heavy atom. The number of nitrogens with one attached hydrogen (secondary N) is 1. The van der Waals surface area contributed by atoms with Crippen LogP contribution < -0.4 is 10.2 Å². The molecule has 1 aliphatic heterocycles. The minimum atomic E-state index is -4.53. The molecule has 1 aliphatic rings. The van der Waals surface area contributed by atoms with Crippen LogP contribution in [0.4, 0.5) is 23.7 Å². The van der Waals surface area contributed by atoms with Gasteiger partial charge in [-0.1, -0.05) is 0 Å². The first-order chi connectivity index (χ1) is 14.4. The summed E-state index contributed by atoms with van der Waals surface area (Å²) in [6.45, 7) is 8.35. The molecule has 1 amide bonds. The van der Waals surface area contributed by atoms with Gasteiger partial charge in [-0.25, -0.2) is 9.59 Å². The van der Waals surface area contributed by atoms with E-state index in [0.717, 1.165) is 25.0 Å². The lowest BCUT2D eigenvalue weighted by Gasteiger charge is -2.36. The number of benzene rings is 1. The summed E-state index contributed by atoms with van der Waals surface area (Å²) in [7, 11) is 0. The summed E-state index contributed by atoms with van der Waals surface area (Å²) in [4.78, 5) is 25.5. The molecule has 1 aromatic rings. The van der Waals surface area contributed by atoms with Crippen LogP contribution in [-0.4, -0.2) is 43.9 Å². The maximum Gasteiger partial charge on any atom is 0.418 e. The number of anilines is 1. The Morgan fingerprint density at radius 2 is 1.94 bits per heavy atom. The number of alkyl halides is 3. The highest BCUT2D eigenvalue weighted by atomic mass is 19.4. The Bertz CT molecular complexity index is 775. The molecule has 0 radical (unpaired) electrons. The van der Waals surface area contributed by atoms with Gasteiger partial charge in [0.15, 0.2) is 0 Å². The fraction of sp³-hybridized carbons (Fsp3) is 0.636. The summed E-state index contributed by atoms with van der Waals surface area (Å²) >= 11 is 0. The predicted molar refractivity (Wildman–Crippen MR) is 111 cm³/mol. The van der Waals surface area contributed by atoms with Crippen LogP contribution in [0.3, 0.4) is 0 Å². The van der Waals surface area contributed by atoms with Crippen LogP contribution in [0.1, 0.15) is 62.9 Å². The van der Waals surface area contributed by atoms with Crippen LogP contribution in [0.5, 0.6) is 0 Å². The van der Waals surface area contributed by atoms with Crippen molar-refractivity contribution in [2.24, 2.45) is 5.92 Å². The van der Waals surface area contributed by atoms with E-state index < -0.39 is 29.4 Å². The zero-order valence-corrected chi connectivity index (χ0v) is 18.5. The molecule has 0 saturated carbocycles. The molecule has 1 aromatic carbocycles. The van der Waals surface area contributed by atoms with Crippen molar-refractivity contribution in [3.8, 4) is 0 Å². The Hall–Kier alpha value is -2.45. The third-order valence-corrected chi connectivity index (χ3v) is 4.89. The summed E-state index contributed by atoms with van der Waals surface area (Å²) in [5, 5.41) is 2.69. The number of nitrogens with zero attached hydrogens (tertiary/aromatic N) is 1. The minimum Gasteiger partial charge on any atom is -0.462 e. The molecule has 1 N–H and O–H groups in total. The predicted octanol–water partition coefficient (Wildman–Crippen LogP) is 5.01. The zero-order valence-electron chi connectivity index (χ0n) is 18.5. The number of rotatable bonds is 6. The number of amides is 1. The molecule has 174 valence electrons. The highest BCUT2D eigenvalue weighted by molar-refractivity contribution is 5.91. The summed E-state index contributed by atoms with van der Waals surface area (Å²) in [5.41, 5.74) is -1.28. The van der Waals surface area contributed by atoms with Gasteiger partial charge < -0.3 is 19.7 Å². The number of ether oxygens (including phenoxy) is 2. The summed E-state index contributed by atoms with van der Waals surface area (Å²) in [5.74, 6) is -0.538. The van der Waals surface area contributed by atoms with Crippen molar-refractivity contribution in [3.63, 3.8) is 0 Å². The molecule has 31 heavy (non-hydrogen) atoms.